The van der Waals surface area contributed by atoms with Crippen molar-refractivity contribution in [3.05, 3.63) is 91.9 Å². The molecule has 0 aliphatic rings. The van der Waals surface area contributed by atoms with Crippen LogP contribution < -0.4 is 10.9 Å². The van der Waals surface area contributed by atoms with E-state index in [2.05, 4.69) is 10.4 Å². The van der Waals surface area contributed by atoms with Crippen molar-refractivity contribution >= 4 is 23.3 Å². The maximum Gasteiger partial charge on any atom is 0.360 e. The SMILES string of the molecule is CCOC(=O)c1nn(-c2ccccc2C)c(=O)cc1NC(=O)c1cccc([N+](=O)[O-])c1. The number of nitrogens with zero attached hydrogens (tertiary/aromatic N) is 3. The van der Waals surface area contributed by atoms with Crippen molar-refractivity contribution in [2.75, 3.05) is 11.9 Å². The van der Waals surface area contributed by atoms with Gasteiger partial charge in [-0.3, -0.25) is 19.7 Å². The highest BCUT2D eigenvalue weighted by Crippen LogP contribution is 2.18. The minimum Gasteiger partial charge on any atom is -0.461 e. The number of nitrogens with one attached hydrogen (secondary N) is 1. The molecule has 10 heteroatoms. The number of para-hydroxylation sites is 1. The molecule has 0 bridgehead atoms. The molecule has 3 rings (SSSR count). The predicted octanol–water partition coefficient (Wildman–Crippen LogP) is 2.88. The molecule has 0 atom stereocenters. The van der Waals surface area contributed by atoms with Crippen molar-refractivity contribution in [2.24, 2.45) is 0 Å². The molecule has 10 nitrogen and oxygen atoms in total. The van der Waals surface area contributed by atoms with Crippen molar-refractivity contribution in [3.8, 4) is 5.69 Å². The van der Waals surface area contributed by atoms with Crippen molar-refractivity contribution in [3.63, 3.8) is 0 Å². The Labute approximate surface area is 176 Å². The Kier molecular flexibility index (Phi) is 6.20. The van der Waals surface area contributed by atoms with Crippen LogP contribution in [0, 0.1) is 17.0 Å². The maximum atomic E-state index is 12.7. The van der Waals surface area contributed by atoms with Gasteiger partial charge < -0.3 is 10.1 Å². The van der Waals surface area contributed by atoms with Crippen LogP contribution in [0.1, 0.15) is 33.3 Å². The van der Waals surface area contributed by atoms with Gasteiger partial charge in [0.25, 0.3) is 17.2 Å². The number of carbonyl (C=O) groups excluding carboxylic acids is 2. The summed E-state index contributed by atoms with van der Waals surface area (Å²) in [5.74, 6) is -1.58. The highest BCUT2D eigenvalue weighted by atomic mass is 16.6. The minimum atomic E-state index is -0.834. The van der Waals surface area contributed by atoms with Gasteiger partial charge in [0.2, 0.25) is 0 Å². The van der Waals surface area contributed by atoms with Crippen LogP contribution in [-0.4, -0.2) is 33.2 Å². The topological polar surface area (TPSA) is 133 Å². The smallest absolute Gasteiger partial charge is 0.360 e. The molecule has 0 aliphatic heterocycles. The summed E-state index contributed by atoms with van der Waals surface area (Å²) in [6.45, 7) is 3.45. The van der Waals surface area contributed by atoms with E-state index in [1.807, 2.05) is 0 Å². The molecule has 1 amide bonds. The van der Waals surface area contributed by atoms with Gasteiger partial charge in [-0.05, 0) is 31.5 Å². The number of esters is 1. The molecule has 0 saturated heterocycles. The number of rotatable bonds is 6. The van der Waals surface area contributed by atoms with Gasteiger partial charge in [0.1, 0.15) is 0 Å². The van der Waals surface area contributed by atoms with Crippen molar-refractivity contribution in [2.45, 2.75) is 13.8 Å². The first-order chi connectivity index (χ1) is 14.8. The molecule has 0 spiro atoms. The van der Waals surface area contributed by atoms with Gasteiger partial charge in [-0.15, -0.1) is 0 Å². The van der Waals surface area contributed by atoms with Crippen LogP contribution in [0.5, 0.6) is 0 Å². The number of non-ortho nitro benzene ring substituents is 1. The highest BCUT2D eigenvalue weighted by molar-refractivity contribution is 6.07. The number of carbonyl (C=O) groups is 2. The number of amides is 1. The normalized spacial score (nSPS) is 10.4. The molecular formula is C21H18N4O6. The van der Waals surface area contributed by atoms with E-state index >= 15 is 0 Å². The van der Waals surface area contributed by atoms with E-state index in [1.54, 1.807) is 38.1 Å². The third-order valence-corrected chi connectivity index (χ3v) is 4.31. The van der Waals surface area contributed by atoms with Crippen LogP contribution in [-0.2, 0) is 4.74 Å². The standard InChI is InChI=1S/C21H18N4O6/c1-3-31-21(28)19-16(22-20(27)14-8-6-9-15(11-14)25(29)30)12-18(26)24(23-19)17-10-5-4-7-13(17)2/h4-12H,3H2,1-2H3,(H,22,27). The van der Waals surface area contributed by atoms with Gasteiger partial charge in [0, 0.05) is 23.8 Å². The third-order valence-electron chi connectivity index (χ3n) is 4.31. The number of nitro groups is 1. The zero-order valence-corrected chi connectivity index (χ0v) is 16.7. The summed E-state index contributed by atoms with van der Waals surface area (Å²) < 4.78 is 6.06. The Morgan fingerprint density at radius 1 is 1.16 bits per heavy atom. The number of hydrogen-bond donors (Lipinski definition) is 1. The number of anilines is 1. The van der Waals surface area contributed by atoms with Crippen molar-refractivity contribution in [1.82, 2.24) is 9.78 Å². The molecule has 0 unspecified atom stereocenters. The molecule has 1 heterocycles. The van der Waals surface area contributed by atoms with E-state index in [0.717, 1.165) is 22.4 Å². The van der Waals surface area contributed by atoms with E-state index in [-0.39, 0.29) is 29.2 Å². The fourth-order valence-corrected chi connectivity index (χ4v) is 2.83. The monoisotopic (exact) mass is 422 g/mol. The van der Waals surface area contributed by atoms with Crippen molar-refractivity contribution in [1.29, 1.82) is 0 Å². The fourth-order valence-electron chi connectivity index (χ4n) is 2.83. The summed E-state index contributed by atoms with van der Waals surface area (Å²) in [6, 6.07) is 13.1. The van der Waals surface area contributed by atoms with E-state index in [4.69, 9.17) is 4.74 Å². The van der Waals surface area contributed by atoms with Crippen LogP contribution in [0.3, 0.4) is 0 Å². The predicted molar refractivity (Wildman–Crippen MR) is 112 cm³/mol. The van der Waals surface area contributed by atoms with E-state index in [0.29, 0.717) is 5.69 Å². The van der Waals surface area contributed by atoms with Gasteiger partial charge >= 0.3 is 5.97 Å². The first-order valence-electron chi connectivity index (χ1n) is 9.25. The number of hydrogen-bond acceptors (Lipinski definition) is 7. The second kappa shape index (κ2) is 8.99. The molecule has 0 aliphatic carbocycles. The first-order valence-corrected chi connectivity index (χ1v) is 9.25. The second-order valence-electron chi connectivity index (χ2n) is 6.43. The van der Waals surface area contributed by atoms with Gasteiger partial charge in [0.15, 0.2) is 5.69 Å². The molecule has 0 fully saturated rings. The van der Waals surface area contributed by atoms with Gasteiger partial charge in [-0.1, -0.05) is 24.3 Å². The summed E-state index contributed by atoms with van der Waals surface area (Å²) in [5, 5.41) is 17.5. The lowest BCUT2D eigenvalue weighted by Crippen LogP contribution is -2.27. The van der Waals surface area contributed by atoms with Crippen LogP contribution in [0.2, 0.25) is 0 Å². The number of ether oxygens (including phenoxy) is 1. The van der Waals surface area contributed by atoms with Crippen LogP contribution >= 0.6 is 0 Å². The Bertz CT molecular complexity index is 1230. The summed E-state index contributed by atoms with van der Waals surface area (Å²) >= 11 is 0. The molecule has 3 aromatic rings. The van der Waals surface area contributed by atoms with Gasteiger partial charge in [-0.25, -0.2) is 4.79 Å². The Hall–Kier alpha value is -4.34. The number of nitro benzene ring substituents is 1. The Balaban J connectivity index is 2.06. The average molecular weight is 422 g/mol. The second-order valence-corrected chi connectivity index (χ2v) is 6.43. The summed E-state index contributed by atoms with van der Waals surface area (Å²) in [6.07, 6.45) is 0. The quantitative estimate of drug-likeness (QED) is 0.367. The summed E-state index contributed by atoms with van der Waals surface area (Å²) in [5.41, 5.74) is -0.0988. The number of benzene rings is 2. The molecule has 1 N–H and O–H groups in total. The molecule has 1 aromatic heterocycles. The lowest BCUT2D eigenvalue weighted by Gasteiger charge is -2.13. The lowest BCUT2D eigenvalue weighted by molar-refractivity contribution is -0.384. The number of aromatic nitrogens is 2. The lowest BCUT2D eigenvalue weighted by atomic mass is 10.2. The third kappa shape index (κ3) is 4.64. The molecule has 0 saturated carbocycles. The molecule has 158 valence electrons. The molecule has 2 aromatic carbocycles. The van der Waals surface area contributed by atoms with Gasteiger partial charge in [0.05, 0.1) is 22.9 Å². The molecule has 31 heavy (non-hydrogen) atoms. The Morgan fingerprint density at radius 3 is 2.58 bits per heavy atom. The zero-order chi connectivity index (χ0) is 22.5. The van der Waals surface area contributed by atoms with Gasteiger partial charge in [-0.2, -0.15) is 9.78 Å². The van der Waals surface area contributed by atoms with Crippen LogP contribution in [0.15, 0.2) is 59.4 Å². The van der Waals surface area contributed by atoms with E-state index in [9.17, 15) is 24.5 Å². The average Bonchev–Trinajstić information content (AvgIpc) is 2.74. The zero-order valence-electron chi connectivity index (χ0n) is 16.7. The Morgan fingerprint density at radius 2 is 1.90 bits per heavy atom. The molecular weight excluding hydrogens is 404 g/mol. The van der Waals surface area contributed by atoms with E-state index in [1.165, 1.54) is 18.2 Å². The first kappa shape index (κ1) is 21.4. The number of aryl methyl sites for hydroxylation is 1. The highest BCUT2D eigenvalue weighted by Gasteiger charge is 2.21. The summed E-state index contributed by atoms with van der Waals surface area (Å²) in [4.78, 5) is 48.1. The van der Waals surface area contributed by atoms with Crippen LogP contribution in [0.4, 0.5) is 11.4 Å². The molecule has 0 radical (unpaired) electrons. The fraction of sp³-hybridized carbons (Fsp3) is 0.143. The largest absolute Gasteiger partial charge is 0.461 e. The summed E-state index contributed by atoms with van der Waals surface area (Å²) in [7, 11) is 0. The van der Waals surface area contributed by atoms with Crippen molar-refractivity contribution < 1.29 is 19.2 Å². The minimum absolute atomic E-state index is 0.0212. The van der Waals surface area contributed by atoms with E-state index < -0.39 is 22.4 Å². The van der Waals surface area contributed by atoms with Crippen LogP contribution in [0.25, 0.3) is 5.69 Å². The maximum absolute atomic E-state index is 12.7.